The maximum atomic E-state index is 11.6. The van der Waals surface area contributed by atoms with Gasteiger partial charge in [-0.3, -0.25) is 4.79 Å². The van der Waals surface area contributed by atoms with Gasteiger partial charge in [0.2, 0.25) is 0 Å². The Balaban J connectivity index is -0.0000211. The lowest BCUT2D eigenvalue weighted by molar-refractivity contribution is -0.148. The zero-order chi connectivity index (χ0) is 47.6. The molecule has 0 bridgehead atoms. The Morgan fingerprint density at radius 2 is 0.441 bits per heavy atom. The molecule has 0 radical (unpaired) electrons. The molecule has 412 valence electrons. The maximum absolute atomic E-state index is 11.6. The molecule has 0 amide bonds. The van der Waals surface area contributed by atoms with Crippen LogP contribution in [0.4, 0.5) is 0 Å². The predicted octanol–water partition coefficient (Wildman–Crippen LogP) is 5.49. The fourth-order valence-corrected chi connectivity index (χ4v) is 5.06. The summed E-state index contributed by atoms with van der Waals surface area (Å²) in [6, 6.07) is 0. The molecule has 19 nitrogen and oxygen atoms in total. The number of methoxy groups -OCH3 is 1. The van der Waals surface area contributed by atoms with Crippen LogP contribution in [0.15, 0.2) is 0 Å². The lowest BCUT2D eigenvalue weighted by atomic mass is 10.1. The van der Waals surface area contributed by atoms with Gasteiger partial charge in [0.1, 0.15) is 0 Å². The average molecular weight is 995 g/mol. The van der Waals surface area contributed by atoms with Crippen molar-refractivity contribution in [3.63, 3.8) is 0 Å². The van der Waals surface area contributed by atoms with Crippen LogP contribution < -0.4 is 0 Å². The second-order valence-electron chi connectivity index (χ2n) is 14.7. The largest absolute Gasteiger partial charge is 0.465 e. The van der Waals surface area contributed by atoms with E-state index < -0.39 is 0 Å². The highest BCUT2D eigenvalue weighted by Gasteiger charge is 2.11. The molecule has 0 aromatic heterocycles. The van der Waals surface area contributed by atoms with E-state index in [2.05, 4.69) is 0 Å². The molecular weight excluding hydrogens is 893 g/mol. The van der Waals surface area contributed by atoms with Crippen molar-refractivity contribution in [2.24, 2.45) is 5.92 Å². The third-order valence-corrected chi connectivity index (χ3v) is 8.94. The van der Waals surface area contributed by atoms with Crippen LogP contribution in [0.2, 0.25) is 0 Å². The molecule has 68 heavy (non-hydrogen) atoms. The summed E-state index contributed by atoms with van der Waals surface area (Å²) in [5.41, 5.74) is 0. The highest BCUT2D eigenvalue weighted by molar-refractivity contribution is 5.71. The summed E-state index contributed by atoms with van der Waals surface area (Å²) in [5, 5.41) is 0. The molecule has 0 aliphatic carbocycles. The monoisotopic (exact) mass is 995 g/mol. The van der Waals surface area contributed by atoms with Gasteiger partial charge in [-0.25, -0.2) is 0 Å². The molecule has 0 aliphatic rings. The molecule has 1 atom stereocenters. The van der Waals surface area contributed by atoms with Crippen LogP contribution in [0.1, 0.15) is 80.1 Å². The second-order valence-corrected chi connectivity index (χ2v) is 14.7. The van der Waals surface area contributed by atoms with Crippen LogP contribution in [0.3, 0.4) is 0 Å². The Morgan fingerprint density at radius 1 is 0.279 bits per heavy atom. The van der Waals surface area contributed by atoms with Crippen LogP contribution in [-0.4, -0.2) is 238 Å². The highest BCUT2D eigenvalue weighted by atomic mass is 16.6. The lowest BCUT2D eigenvalue weighted by Crippen LogP contribution is -2.15. The van der Waals surface area contributed by atoms with Crippen LogP contribution in [0.5, 0.6) is 0 Å². The van der Waals surface area contributed by atoms with Crippen molar-refractivity contribution in [2.75, 3.05) is 232 Å². The van der Waals surface area contributed by atoms with E-state index in [0.717, 1.165) is 51.4 Å². The first-order valence-electron chi connectivity index (χ1n) is 24.6. The van der Waals surface area contributed by atoms with E-state index in [0.29, 0.717) is 225 Å². The first-order chi connectivity index (χ1) is 32.7. The minimum atomic E-state index is -0.130. The number of esters is 1. The van der Waals surface area contributed by atoms with Gasteiger partial charge in [0.05, 0.1) is 145 Å². The van der Waals surface area contributed by atoms with Gasteiger partial charge in [0, 0.05) is 99.4 Å². The molecule has 0 saturated heterocycles. The van der Waals surface area contributed by atoms with Gasteiger partial charge < -0.3 is 85.3 Å². The Bertz CT molecular complexity index is 897. The summed E-state index contributed by atoms with van der Waals surface area (Å²) >= 11 is 0. The van der Waals surface area contributed by atoms with Crippen LogP contribution in [0, 0.1) is 5.92 Å². The summed E-state index contributed by atoms with van der Waals surface area (Å²) in [6.45, 7) is 23.5. The van der Waals surface area contributed by atoms with Crippen molar-refractivity contribution in [3.05, 3.63) is 0 Å². The van der Waals surface area contributed by atoms with Crippen molar-refractivity contribution in [3.8, 4) is 0 Å². The van der Waals surface area contributed by atoms with Gasteiger partial charge >= 0.3 is 5.97 Å². The highest BCUT2D eigenvalue weighted by Crippen LogP contribution is 2.03. The topological polar surface area (TPSA) is 183 Å². The first kappa shape index (κ1) is 71.0. The number of carbonyl (C=O) groups excluding carboxylic acids is 1. The van der Waals surface area contributed by atoms with Gasteiger partial charge in [-0.05, 0) is 44.9 Å². The Labute approximate surface area is 412 Å². The second kappa shape index (κ2) is 65.8. The number of carbonyl (C=O) groups is 1. The summed E-state index contributed by atoms with van der Waals surface area (Å²) in [7, 11) is 1.65. The summed E-state index contributed by atoms with van der Waals surface area (Å²) in [4.78, 5) is 11.6. The normalized spacial score (nSPS) is 11.8. The summed E-state index contributed by atoms with van der Waals surface area (Å²) in [5.74, 6) is -0.167. The van der Waals surface area contributed by atoms with Crippen LogP contribution >= 0.6 is 0 Å². The van der Waals surface area contributed by atoms with E-state index >= 15 is 0 Å². The number of hydrogen-bond acceptors (Lipinski definition) is 19. The predicted molar refractivity (Wildman–Crippen MR) is 261 cm³/mol. The van der Waals surface area contributed by atoms with Gasteiger partial charge in [-0.2, -0.15) is 0 Å². The Hall–Kier alpha value is -1.21. The van der Waals surface area contributed by atoms with Crippen molar-refractivity contribution >= 4 is 5.97 Å². The van der Waals surface area contributed by atoms with E-state index in [9.17, 15) is 4.79 Å². The molecule has 0 aromatic rings. The van der Waals surface area contributed by atoms with E-state index in [-0.39, 0.29) is 26.7 Å². The molecule has 0 heterocycles. The Morgan fingerprint density at radius 3 is 0.632 bits per heavy atom. The molecule has 0 aromatic carbocycles. The molecule has 0 aliphatic heterocycles. The van der Waals surface area contributed by atoms with Gasteiger partial charge in [0.25, 0.3) is 0 Å². The zero-order valence-corrected chi connectivity index (χ0v) is 41.5. The van der Waals surface area contributed by atoms with E-state index in [4.69, 9.17) is 85.3 Å². The third-order valence-electron chi connectivity index (χ3n) is 8.94. The summed E-state index contributed by atoms with van der Waals surface area (Å²) in [6.07, 6.45) is 6.69. The Kier molecular flexibility index (Phi) is 68.7. The molecule has 0 rings (SSSR count). The minimum Gasteiger partial charge on any atom is -0.465 e. The fourth-order valence-electron chi connectivity index (χ4n) is 5.06. The van der Waals surface area contributed by atoms with Crippen molar-refractivity contribution in [1.29, 1.82) is 0 Å². The van der Waals surface area contributed by atoms with Gasteiger partial charge in [-0.15, -0.1) is 0 Å². The molecule has 19 heteroatoms. The smallest absolute Gasteiger partial charge is 0.308 e. The molecule has 1 unspecified atom stereocenters. The zero-order valence-electron chi connectivity index (χ0n) is 41.5. The van der Waals surface area contributed by atoms with Crippen molar-refractivity contribution in [2.45, 2.75) is 80.1 Å². The maximum Gasteiger partial charge on any atom is 0.308 e. The minimum absolute atomic E-state index is 0. The van der Waals surface area contributed by atoms with Gasteiger partial charge in [-0.1, -0.05) is 28.7 Å². The summed E-state index contributed by atoms with van der Waals surface area (Å²) < 4.78 is 98.7. The SMILES string of the molecule is C.C.CCC(C)C(=O)OCCCOCCCOCCCOCCCOCCCOCCCOCCCOCCOCCOCCOCCOCCOCCOCCOCCOCCOCCOC. The van der Waals surface area contributed by atoms with E-state index in [1.165, 1.54) is 0 Å². The average Bonchev–Trinajstić information content (AvgIpc) is 3.33. The quantitative estimate of drug-likeness (QED) is 0.0550. The van der Waals surface area contributed by atoms with E-state index in [1.54, 1.807) is 7.11 Å². The molecular formula is C49H102O19. The number of ether oxygens (including phenoxy) is 18. The molecule has 0 spiro atoms. The van der Waals surface area contributed by atoms with Crippen LogP contribution in [0.25, 0.3) is 0 Å². The molecule has 0 saturated carbocycles. The standard InChI is InChI=1S/C47H94O19.2CH4/c1-4-46(2)47(48)66-25-11-24-55-21-9-20-53-17-7-16-51-13-5-12-50-14-6-15-52-18-8-19-54-22-10-23-56-28-29-58-32-33-60-36-37-62-40-41-64-44-45-65-43-42-63-39-38-61-35-34-59-31-30-57-27-26-49-3;;/h46H,4-45H2,1-3H3;2*1H4. The van der Waals surface area contributed by atoms with Crippen LogP contribution in [-0.2, 0) is 90.1 Å². The third kappa shape index (κ3) is 62.8. The molecule has 0 fully saturated rings. The lowest BCUT2D eigenvalue weighted by Gasteiger charge is -2.09. The van der Waals surface area contributed by atoms with Crippen molar-refractivity contribution < 1.29 is 90.1 Å². The fraction of sp³-hybridized carbons (Fsp3) is 0.980. The number of rotatable bonds is 60. The van der Waals surface area contributed by atoms with Gasteiger partial charge in [0.15, 0.2) is 0 Å². The first-order valence-corrected chi connectivity index (χ1v) is 24.6. The van der Waals surface area contributed by atoms with Crippen molar-refractivity contribution in [1.82, 2.24) is 0 Å². The molecule has 0 N–H and O–H groups in total. The van der Waals surface area contributed by atoms with E-state index in [1.807, 2.05) is 13.8 Å². The number of hydrogen-bond donors (Lipinski definition) is 0.